The molecule has 0 atom stereocenters. The fraction of sp³-hybridized carbons (Fsp3) is 0.130. The lowest BCUT2D eigenvalue weighted by atomic mass is 10.1. The van der Waals surface area contributed by atoms with Crippen LogP contribution in [0.25, 0.3) is 16.7 Å². The van der Waals surface area contributed by atoms with E-state index in [1.165, 1.54) is 10.9 Å². The summed E-state index contributed by atoms with van der Waals surface area (Å²) in [6, 6.07) is 15.7. The minimum absolute atomic E-state index is 0.112. The number of ether oxygens (including phenoxy) is 1. The smallest absolute Gasteiger partial charge is 0.343 e. The fourth-order valence-corrected chi connectivity index (χ4v) is 3.47. The number of para-hydroxylation sites is 1. The molecule has 0 aliphatic carbocycles. The van der Waals surface area contributed by atoms with Crippen LogP contribution in [0.4, 0.5) is 16.3 Å². The third kappa shape index (κ3) is 4.40. The van der Waals surface area contributed by atoms with Crippen molar-refractivity contribution >= 4 is 46.0 Å². The van der Waals surface area contributed by atoms with Crippen molar-refractivity contribution < 1.29 is 14.3 Å². The predicted octanol–water partition coefficient (Wildman–Crippen LogP) is 5.20. The molecule has 4 rings (SSSR count). The van der Waals surface area contributed by atoms with Gasteiger partial charge in [0.25, 0.3) is 0 Å². The lowest BCUT2D eigenvalue weighted by molar-refractivity contribution is 0.0527. The molecule has 2 amide bonds. The highest BCUT2D eigenvalue weighted by atomic mass is 35.5. The molecule has 0 radical (unpaired) electrons. The van der Waals surface area contributed by atoms with Crippen LogP contribution in [0.5, 0.6) is 0 Å². The van der Waals surface area contributed by atoms with Crippen molar-refractivity contribution in [1.82, 2.24) is 14.8 Å². The quantitative estimate of drug-likeness (QED) is 0.408. The minimum atomic E-state index is -0.602. The molecule has 2 heterocycles. The Morgan fingerprint density at radius 3 is 2.69 bits per heavy atom. The van der Waals surface area contributed by atoms with Crippen molar-refractivity contribution in [1.29, 1.82) is 0 Å². The van der Waals surface area contributed by atoms with Gasteiger partial charge in [-0.15, -0.1) is 0 Å². The van der Waals surface area contributed by atoms with E-state index in [4.69, 9.17) is 16.3 Å². The van der Waals surface area contributed by atoms with Gasteiger partial charge in [-0.05, 0) is 49.7 Å². The Hall–Kier alpha value is -3.91. The van der Waals surface area contributed by atoms with Crippen LogP contribution < -0.4 is 10.6 Å². The number of halogens is 1. The van der Waals surface area contributed by atoms with Crippen LogP contribution in [0.3, 0.4) is 0 Å². The van der Waals surface area contributed by atoms with Gasteiger partial charge in [0.15, 0.2) is 11.6 Å². The highest BCUT2D eigenvalue weighted by Gasteiger charge is 2.22. The molecule has 0 saturated heterocycles. The molecule has 2 aromatic heterocycles. The highest BCUT2D eigenvalue weighted by Crippen LogP contribution is 2.25. The number of rotatable bonds is 5. The number of anilines is 2. The molecule has 162 valence electrons. The number of hydrogen-bond acceptors (Lipinski definition) is 5. The highest BCUT2D eigenvalue weighted by molar-refractivity contribution is 6.30. The van der Waals surface area contributed by atoms with Gasteiger partial charge in [-0.1, -0.05) is 35.9 Å². The van der Waals surface area contributed by atoms with Crippen LogP contribution in [0, 0.1) is 6.92 Å². The minimum Gasteiger partial charge on any atom is -0.462 e. The van der Waals surface area contributed by atoms with Crippen LogP contribution in [0.2, 0.25) is 5.02 Å². The third-order valence-corrected chi connectivity index (χ3v) is 4.94. The second kappa shape index (κ2) is 9.07. The van der Waals surface area contributed by atoms with Crippen LogP contribution in [-0.4, -0.2) is 33.4 Å². The number of amides is 2. The number of carbonyl (C=O) groups excluding carboxylic acids is 2. The number of pyridine rings is 1. The van der Waals surface area contributed by atoms with Crippen LogP contribution in [-0.2, 0) is 4.74 Å². The van der Waals surface area contributed by atoms with E-state index >= 15 is 0 Å². The molecule has 2 N–H and O–H groups in total. The van der Waals surface area contributed by atoms with Gasteiger partial charge in [0, 0.05) is 16.1 Å². The largest absolute Gasteiger partial charge is 0.462 e. The summed E-state index contributed by atoms with van der Waals surface area (Å²) >= 11 is 5.99. The Balaban J connectivity index is 1.73. The first-order valence-electron chi connectivity index (χ1n) is 9.91. The van der Waals surface area contributed by atoms with Crippen molar-refractivity contribution in [2.75, 3.05) is 17.2 Å². The van der Waals surface area contributed by atoms with Gasteiger partial charge < -0.3 is 10.1 Å². The SMILES string of the molecule is CCOC(=O)c1cnn(-c2cc(C)c3ccccc3n2)c1NC(=O)Nc1cccc(Cl)c1. The molecule has 9 heteroatoms. The van der Waals surface area contributed by atoms with Gasteiger partial charge in [-0.25, -0.2) is 14.6 Å². The van der Waals surface area contributed by atoms with Crippen LogP contribution in [0.1, 0.15) is 22.8 Å². The molecule has 0 aliphatic rings. The molecule has 0 saturated carbocycles. The Labute approximate surface area is 189 Å². The van der Waals surface area contributed by atoms with E-state index in [1.807, 2.05) is 37.3 Å². The summed E-state index contributed by atoms with van der Waals surface area (Å²) in [7, 11) is 0. The molecular weight excluding hydrogens is 430 g/mol. The number of esters is 1. The lowest BCUT2D eigenvalue weighted by Gasteiger charge is -2.13. The molecular formula is C23H20ClN5O3. The first-order valence-corrected chi connectivity index (χ1v) is 10.3. The Morgan fingerprint density at radius 1 is 1.09 bits per heavy atom. The summed E-state index contributed by atoms with van der Waals surface area (Å²) in [5, 5.41) is 11.2. The third-order valence-electron chi connectivity index (χ3n) is 4.71. The zero-order valence-electron chi connectivity index (χ0n) is 17.4. The molecule has 4 aromatic rings. The summed E-state index contributed by atoms with van der Waals surface area (Å²) in [5.41, 5.74) is 2.36. The summed E-state index contributed by atoms with van der Waals surface area (Å²) in [4.78, 5) is 29.8. The maximum atomic E-state index is 12.7. The molecule has 8 nitrogen and oxygen atoms in total. The van der Waals surface area contributed by atoms with Crippen molar-refractivity contribution in [2.24, 2.45) is 0 Å². The zero-order valence-corrected chi connectivity index (χ0v) is 18.2. The van der Waals surface area contributed by atoms with Crippen molar-refractivity contribution in [3.8, 4) is 5.82 Å². The normalized spacial score (nSPS) is 10.7. The first-order chi connectivity index (χ1) is 15.5. The molecule has 32 heavy (non-hydrogen) atoms. The number of urea groups is 1. The Kier molecular flexibility index (Phi) is 6.04. The Morgan fingerprint density at radius 2 is 1.91 bits per heavy atom. The van der Waals surface area contributed by atoms with E-state index in [1.54, 1.807) is 31.2 Å². The number of fused-ring (bicyclic) bond motifs is 1. The summed E-state index contributed by atoms with van der Waals surface area (Å²) < 4.78 is 6.53. The maximum Gasteiger partial charge on any atom is 0.343 e. The monoisotopic (exact) mass is 449 g/mol. The van der Waals surface area contributed by atoms with Crippen molar-refractivity contribution in [3.63, 3.8) is 0 Å². The number of nitrogens with one attached hydrogen (secondary N) is 2. The summed E-state index contributed by atoms with van der Waals surface area (Å²) in [5.74, 6) is -0.00530. The maximum absolute atomic E-state index is 12.7. The summed E-state index contributed by atoms with van der Waals surface area (Å²) in [6.07, 6.45) is 1.35. The number of carbonyl (C=O) groups is 2. The summed E-state index contributed by atoms with van der Waals surface area (Å²) in [6.45, 7) is 3.85. The van der Waals surface area contributed by atoms with Gasteiger partial charge >= 0.3 is 12.0 Å². The molecule has 0 spiro atoms. The van der Waals surface area contributed by atoms with Gasteiger partial charge in [-0.3, -0.25) is 5.32 Å². The van der Waals surface area contributed by atoms with E-state index in [-0.39, 0.29) is 18.0 Å². The van der Waals surface area contributed by atoms with Crippen LogP contribution in [0.15, 0.2) is 60.8 Å². The van der Waals surface area contributed by atoms with E-state index in [2.05, 4.69) is 20.7 Å². The molecule has 0 fully saturated rings. The second-order valence-corrected chi connectivity index (χ2v) is 7.38. The molecule has 2 aromatic carbocycles. The standard InChI is InChI=1S/C23H20ClN5O3/c1-3-32-22(30)18-13-25-29(20-11-14(2)17-9-4-5-10-19(17)27-20)21(18)28-23(31)26-16-8-6-7-15(24)12-16/h4-13H,3H2,1-2H3,(H2,26,28,31). The fourth-order valence-electron chi connectivity index (χ4n) is 3.28. The van der Waals surface area contributed by atoms with Crippen molar-refractivity contribution in [2.45, 2.75) is 13.8 Å². The van der Waals surface area contributed by atoms with Crippen LogP contribution >= 0.6 is 11.6 Å². The van der Waals surface area contributed by atoms with E-state index in [9.17, 15) is 9.59 Å². The van der Waals surface area contributed by atoms with Crippen molar-refractivity contribution in [3.05, 3.63) is 76.9 Å². The molecule has 0 unspecified atom stereocenters. The number of hydrogen-bond donors (Lipinski definition) is 2. The van der Waals surface area contributed by atoms with Gasteiger partial charge in [0.2, 0.25) is 0 Å². The lowest BCUT2D eigenvalue weighted by Crippen LogP contribution is -2.23. The van der Waals surface area contributed by atoms with E-state index < -0.39 is 12.0 Å². The second-order valence-electron chi connectivity index (χ2n) is 6.94. The number of nitrogens with zero attached hydrogens (tertiary/aromatic N) is 3. The van der Waals surface area contributed by atoms with E-state index in [0.29, 0.717) is 16.5 Å². The average molecular weight is 450 g/mol. The molecule has 0 aliphatic heterocycles. The zero-order chi connectivity index (χ0) is 22.7. The van der Waals surface area contributed by atoms with Gasteiger partial charge in [0.05, 0.1) is 18.3 Å². The predicted molar refractivity (Wildman–Crippen MR) is 124 cm³/mol. The first kappa shape index (κ1) is 21.3. The topological polar surface area (TPSA) is 98.1 Å². The average Bonchev–Trinajstić information content (AvgIpc) is 3.17. The number of aryl methyl sites for hydroxylation is 1. The number of benzene rings is 2. The van der Waals surface area contributed by atoms with Gasteiger partial charge in [-0.2, -0.15) is 9.78 Å². The van der Waals surface area contributed by atoms with E-state index in [0.717, 1.165) is 16.5 Å². The van der Waals surface area contributed by atoms with Gasteiger partial charge in [0.1, 0.15) is 5.56 Å². The number of aromatic nitrogens is 3. The Bertz CT molecular complexity index is 1320. The molecule has 0 bridgehead atoms.